The fourth-order valence-corrected chi connectivity index (χ4v) is 7.47. The van der Waals surface area contributed by atoms with Gasteiger partial charge in [-0.05, 0) is 82.4 Å². The van der Waals surface area contributed by atoms with Crippen molar-refractivity contribution in [2.75, 3.05) is 9.80 Å². The summed E-state index contributed by atoms with van der Waals surface area (Å²) in [6, 6.07) is 82.4. The lowest BCUT2D eigenvalue weighted by atomic mass is 9.99. The molecule has 9 aromatic carbocycles. The Morgan fingerprint density at radius 3 is 1.06 bits per heavy atom. The van der Waals surface area contributed by atoms with Crippen molar-refractivity contribution in [1.82, 2.24) is 0 Å². The Morgan fingerprint density at radius 1 is 0.204 bits per heavy atom. The molecule has 2 nitrogen and oxygen atoms in total. The minimum Gasteiger partial charge on any atom is -0.310 e. The van der Waals surface area contributed by atoms with Crippen molar-refractivity contribution in [3.05, 3.63) is 231 Å². The Labute approximate surface area is 317 Å². The molecule has 0 fully saturated rings. The molecule has 0 saturated carbocycles. The molecule has 0 saturated heterocycles. The third kappa shape index (κ3) is 6.42. The largest absolute Gasteiger partial charge is 0.310 e. The van der Waals surface area contributed by atoms with E-state index in [9.17, 15) is 0 Å². The van der Waals surface area contributed by atoms with E-state index < -0.39 is 0 Å². The highest BCUT2D eigenvalue weighted by Crippen LogP contribution is 2.47. The molecule has 2 heteroatoms. The molecule has 0 N–H and O–H groups in total. The Balaban J connectivity index is 1.23. The third-order valence-corrected chi connectivity index (χ3v) is 10.1. The Bertz CT molecular complexity index is 2540. The van der Waals surface area contributed by atoms with Gasteiger partial charge in [0.05, 0.1) is 17.1 Å². The Morgan fingerprint density at radius 2 is 0.556 bits per heavy atom. The summed E-state index contributed by atoms with van der Waals surface area (Å²) in [6.07, 6.45) is 0. The topological polar surface area (TPSA) is 6.48 Å². The van der Waals surface area contributed by atoms with E-state index in [2.05, 4.69) is 240 Å². The standard InChI is InChI=1S/C52H38N2/c1-5-17-39(18-6-1)41-29-33-45(34-30-41)53(46-35-31-42(32-36-46)40-19-7-2-8-20-40)51-37-38-52(49-27-14-13-26-48(49)51)54(44-23-11-4-12-24-44)50-28-16-15-25-47(50)43-21-9-3-10-22-43/h1-38H. The summed E-state index contributed by atoms with van der Waals surface area (Å²) in [7, 11) is 0. The van der Waals surface area contributed by atoms with Crippen LogP contribution in [0.1, 0.15) is 0 Å². The lowest BCUT2D eigenvalue weighted by molar-refractivity contribution is 1.28. The smallest absolute Gasteiger partial charge is 0.0541 e. The van der Waals surface area contributed by atoms with Crippen LogP contribution in [0.2, 0.25) is 0 Å². The zero-order valence-electron chi connectivity index (χ0n) is 29.8. The van der Waals surface area contributed by atoms with E-state index in [4.69, 9.17) is 0 Å². The van der Waals surface area contributed by atoms with Crippen LogP contribution in [0, 0.1) is 0 Å². The van der Waals surface area contributed by atoms with Crippen LogP contribution in [0.4, 0.5) is 34.1 Å². The van der Waals surface area contributed by atoms with Crippen molar-refractivity contribution in [3.63, 3.8) is 0 Å². The van der Waals surface area contributed by atoms with Gasteiger partial charge in [0, 0.05) is 33.4 Å². The summed E-state index contributed by atoms with van der Waals surface area (Å²) in [6.45, 7) is 0. The Kier molecular flexibility index (Phi) is 8.99. The fraction of sp³-hybridized carbons (Fsp3) is 0. The average Bonchev–Trinajstić information content (AvgIpc) is 3.26. The number of benzene rings is 9. The predicted molar refractivity (Wildman–Crippen MR) is 230 cm³/mol. The first kappa shape index (κ1) is 32.7. The second-order valence-corrected chi connectivity index (χ2v) is 13.4. The molecular weight excluding hydrogens is 653 g/mol. The van der Waals surface area contributed by atoms with Crippen LogP contribution in [-0.4, -0.2) is 0 Å². The first-order valence-corrected chi connectivity index (χ1v) is 18.4. The third-order valence-electron chi connectivity index (χ3n) is 10.1. The van der Waals surface area contributed by atoms with Gasteiger partial charge >= 0.3 is 0 Å². The summed E-state index contributed by atoms with van der Waals surface area (Å²) in [5.74, 6) is 0. The molecule has 0 heterocycles. The molecular formula is C52H38N2. The van der Waals surface area contributed by atoms with Gasteiger partial charge in [-0.15, -0.1) is 0 Å². The lowest BCUT2D eigenvalue weighted by Gasteiger charge is -2.31. The van der Waals surface area contributed by atoms with E-state index >= 15 is 0 Å². The molecule has 0 aliphatic carbocycles. The first-order valence-electron chi connectivity index (χ1n) is 18.4. The van der Waals surface area contributed by atoms with Gasteiger partial charge in [0.25, 0.3) is 0 Å². The molecule has 0 unspecified atom stereocenters. The van der Waals surface area contributed by atoms with Gasteiger partial charge in [-0.3, -0.25) is 0 Å². The SMILES string of the molecule is c1ccc(-c2ccc(N(c3ccc(-c4ccccc4)cc3)c3ccc(N(c4ccccc4)c4ccccc4-c4ccccc4)c4ccccc34)cc2)cc1. The van der Waals surface area contributed by atoms with Gasteiger partial charge in [-0.1, -0.05) is 176 Å². The van der Waals surface area contributed by atoms with Crippen molar-refractivity contribution < 1.29 is 0 Å². The molecule has 9 rings (SSSR count). The molecule has 9 aromatic rings. The number of nitrogens with zero attached hydrogens (tertiary/aromatic N) is 2. The predicted octanol–water partition coefficient (Wildman–Crippen LogP) is 14.8. The minimum atomic E-state index is 1.09. The quantitative estimate of drug-likeness (QED) is 0.149. The molecule has 0 amide bonds. The summed E-state index contributed by atoms with van der Waals surface area (Å²) >= 11 is 0. The molecule has 0 aromatic heterocycles. The fourth-order valence-electron chi connectivity index (χ4n) is 7.47. The highest BCUT2D eigenvalue weighted by atomic mass is 15.2. The summed E-state index contributed by atoms with van der Waals surface area (Å²) in [4.78, 5) is 4.79. The second kappa shape index (κ2) is 14.8. The van der Waals surface area contributed by atoms with Crippen LogP contribution in [0.25, 0.3) is 44.2 Å². The number of hydrogen-bond donors (Lipinski definition) is 0. The van der Waals surface area contributed by atoms with Crippen molar-refractivity contribution >= 4 is 44.9 Å². The van der Waals surface area contributed by atoms with Crippen LogP contribution < -0.4 is 9.80 Å². The maximum atomic E-state index is 2.40. The van der Waals surface area contributed by atoms with E-state index in [1.807, 2.05) is 0 Å². The van der Waals surface area contributed by atoms with Gasteiger partial charge in [0.15, 0.2) is 0 Å². The summed E-state index contributed by atoms with van der Waals surface area (Å²) in [5.41, 5.74) is 13.8. The van der Waals surface area contributed by atoms with E-state index in [1.165, 1.54) is 33.4 Å². The van der Waals surface area contributed by atoms with Crippen LogP contribution in [-0.2, 0) is 0 Å². The van der Waals surface area contributed by atoms with Crippen molar-refractivity contribution in [1.29, 1.82) is 0 Å². The zero-order chi connectivity index (χ0) is 36.1. The van der Waals surface area contributed by atoms with Crippen molar-refractivity contribution in [2.24, 2.45) is 0 Å². The van der Waals surface area contributed by atoms with Crippen molar-refractivity contribution in [2.45, 2.75) is 0 Å². The maximum absolute atomic E-state index is 2.40. The van der Waals surface area contributed by atoms with Gasteiger partial charge < -0.3 is 9.80 Å². The molecule has 54 heavy (non-hydrogen) atoms. The number of fused-ring (bicyclic) bond motifs is 1. The van der Waals surface area contributed by atoms with E-state index in [-0.39, 0.29) is 0 Å². The molecule has 0 aliphatic heterocycles. The number of rotatable bonds is 9. The lowest BCUT2D eigenvalue weighted by Crippen LogP contribution is -2.14. The minimum absolute atomic E-state index is 1.09. The molecule has 0 bridgehead atoms. The van der Waals surface area contributed by atoms with Gasteiger partial charge in [-0.2, -0.15) is 0 Å². The van der Waals surface area contributed by atoms with Gasteiger partial charge in [0.1, 0.15) is 0 Å². The highest BCUT2D eigenvalue weighted by molar-refractivity contribution is 6.08. The average molecular weight is 691 g/mol. The summed E-state index contributed by atoms with van der Waals surface area (Å²) in [5, 5.41) is 2.32. The summed E-state index contributed by atoms with van der Waals surface area (Å²) < 4.78 is 0. The Hall–Kier alpha value is -7.16. The molecule has 0 aliphatic rings. The number of anilines is 6. The zero-order valence-corrected chi connectivity index (χ0v) is 29.8. The van der Waals surface area contributed by atoms with E-state index in [1.54, 1.807) is 0 Å². The van der Waals surface area contributed by atoms with Crippen LogP contribution >= 0.6 is 0 Å². The molecule has 0 atom stereocenters. The van der Waals surface area contributed by atoms with Gasteiger partial charge in [0.2, 0.25) is 0 Å². The van der Waals surface area contributed by atoms with Crippen LogP contribution in [0.3, 0.4) is 0 Å². The molecule has 0 radical (unpaired) electrons. The normalized spacial score (nSPS) is 11.0. The van der Waals surface area contributed by atoms with Crippen LogP contribution in [0.5, 0.6) is 0 Å². The number of para-hydroxylation sites is 2. The molecule has 0 spiro atoms. The van der Waals surface area contributed by atoms with Crippen molar-refractivity contribution in [3.8, 4) is 33.4 Å². The van der Waals surface area contributed by atoms with E-state index in [0.717, 1.165) is 44.9 Å². The number of hydrogen-bond acceptors (Lipinski definition) is 2. The van der Waals surface area contributed by atoms with E-state index in [0.29, 0.717) is 0 Å². The highest BCUT2D eigenvalue weighted by Gasteiger charge is 2.22. The van der Waals surface area contributed by atoms with Crippen LogP contribution in [0.15, 0.2) is 231 Å². The molecule has 256 valence electrons. The first-order chi connectivity index (χ1) is 26.8. The second-order valence-electron chi connectivity index (χ2n) is 13.4. The maximum Gasteiger partial charge on any atom is 0.0541 e. The monoisotopic (exact) mass is 690 g/mol. The van der Waals surface area contributed by atoms with Gasteiger partial charge in [-0.25, -0.2) is 0 Å².